The highest BCUT2D eigenvalue weighted by Crippen LogP contribution is 2.28. The molecule has 7 heteroatoms. The lowest BCUT2D eigenvalue weighted by atomic mass is 9.92. The Bertz CT molecular complexity index is 754. The number of carbonyl (C=O) groups is 2. The second-order valence-corrected chi connectivity index (χ2v) is 6.05. The molecule has 25 heavy (non-hydrogen) atoms. The van der Waals surface area contributed by atoms with E-state index in [4.69, 9.17) is 15.9 Å². The third-order valence-corrected chi connectivity index (χ3v) is 4.23. The van der Waals surface area contributed by atoms with Crippen molar-refractivity contribution in [3.63, 3.8) is 0 Å². The Balaban J connectivity index is 0.000000186. The predicted molar refractivity (Wildman–Crippen MR) is 94.0 cm³/mol. The van der Waals surface area contributed by atoms with Crippen molar-refractivity contribution in [2.75, 3.05) is 0 Å². The quantitative estimate of drug-likeness (QED) is 0.568. The summed E-state index contributed by atoms with van der Waals surface area (Å²) in [6.07, 6.45) is 2.71. The van der Waals surface area contributed by atoms with Gasteiger partial charge in [0.25, 0.3) is 0 Å². The third-order valence-electron chi connectivity index (χ3n) is 4.23. The van der Waals surface area contributed by atoms with Gasteiger partial charge in [-0.3, -0.25) is 0 Å². The molecule has 1 aliphatic rings. The molecular weight excluding hydrogens is 324 g/mol. The Morgan fingerprint density at radius 1 is 1.00 bits per heavy atom. The minimum atomic E-state index is -1.12. The zero-order valence-corrected chi connectivity index (χ0v) is 13.7. The molecule has 0 spiro atoms. The number of nitrogens with one attached hydrogen (secondary N) is 1. The first-order valence-corrected chi connectivity index (χ1v) is 8.07. The maximum Gasteiger partial charge on any atom is 0.404 e. The van der Waals surface area contributed by atoms with Crippen LogP contribution >= 0.6 is 0 Å². The van der Waals surface area contributed by atoms with Crippen LogP contribution in [0.25, 0.3) is 10.8 Å². The largest absolute Gasteiger partial charge is 0.506 e. The van der Waals surface area contributed by atoms with Crippen molar-refractivity contribution in [2.24, 2.45) is 5.73 Å². The summed E-state index contributed by atoms with van der Waals surface area (Å²) < 4.78 is 0. The number of carboxylic acid groups (broad SMARTS) is 2. The predicted octanol–water partition coefficient (Wildman–Crippen LogP) is 2.77. The van der Waals surface area contributed by atoms with Gasteiger partial charge < -0.3 is 26.4 Å². The maximum absolute atomic E-state index is 10.7. The Hall–Kier alpha value is -2.80. The van der Waals surface area contributed by atoms with Crippen LogP contribution in [-0.4, -0.2) is 39.5 Å². The average molecular weight is 346 g/mol. The number of aromatic hydroxyl groups is 1. The molecule has 0 radical (unpaired) electrons. The van der Waals surface area contributed by atoms with E-state index in [0.29, 0.717) is 5.39 Å². The van der Waals surface area contributed by atoms with E-state index in [1.807, 2.05) is 12.1 Å². The fourth-order valence-electron chi connectivity index (χ4n) is 2.87. The molecule has 1 amide bonds. The summed E-state index contributed by atoms with van der Waals surface area (Å²) in [4.78, 5) is 20.9. The molecule has 1 aliphatic carbocycles. The lowest BCUT2D eigenvalue weighted by molar-refractivity contribution is 0.0694. The summed E-state index contributed by atoms with van der Waals surface area (Å²) in [5.41, 5.74) is 5.59. The molecule has 3 rings (SSSR count). The summed E-state index contributed by atoms with van der Waals surface area (Å²) in [5, 5.41) is 30.6. The van der Waals surface area contributed by atoms with Gasteiger partial charge in [0.05, 0.1) is 0 Å². The SMILES string of the molecule is N[C@H]1CC[C@H](NC(=O)O)CC1.O=C(O)c1ccc2ccccc2c1O. The summed E-state index contributed by atoms with van der Waals surface area (Å²) in [6, 6.07) is 10.6. The van der Waals surface area contributed by atoms with Crippen molar-refractivity contribution >= 4 is 22.8 Å². The summed E-state index contributed by atoms with van der Waals surface area (Å²) in [5.74, 6) is -1.29. The van der Waals surface area contributed by atoms with Gasteiger partial charge in [-0.1, -0.05) is 30.3 Å². The number of aromatic carboxylic acids is 1. The summed E-state index contributed by atoms with van der Waals surface area (Å²) in [6.45, 7) is 0. The van der Waals surface area contributed by atoms with Crippen molar-refractivity contribution in [2.45, 2.75) is 37.8 Å². The van der Waals surface area contributed by atoms with E-state index in [9.17, 15) is 14.7 Å². The van der Waals surface area contributed by atoms with Crippen molar-refractivity contribution < 1.29 is 24.9 Å². The molecule has 0 bridgehead atoms. The monoisotopic (exact) mass is 346 g/mol. The van der Waals surface area contributed by atoms with Gasteiger partial charge in [-0.05, 0) is 37.1 Å². The molecule has 0 aliphatic heterocycles. The van der Waals surface area contributed by atoms with Crippen LogP contribution in [0.5, 0.6) is 5.75 Å². The van der Waals surface area contributed by atoms with Crippen LogP contribution < -0.4 is 11.1 Å². The number of hydrogen-bond acceptors (Lipinski definition) is 4. The third kappa shape index (κ3) is 5.09. The number of amides is 1. The topological polar surface area (TPSA) is 133 Å². The van der Waals surface area contributed by atoms with Gasteiger partial charge in [0.1, 0.15) is 11.3 Å². The molecule has 0 aromatic heterocycles. The number of rotatable bonds is 2. The van der Waals surface area contributed by atoms with Gasteiger partial charge in [-0.25, -0.2) is 9.59 Å². The van der Waals surface area contributed by atoms with Crippen LogP contribution in [0.15, 0.2) is 36.4 Å². The molecular formula is C18H22N2O5. The van der Waals surface area contributed by atoms with Crippen LogP contribution in [0.3, 0.4) is 0 Å². The molecule has 6 N–H and O–H groups in total. The lowest BCUT2D eigenvalue weighted by Crippen LogP contribution is -2.39. The van der Waals surface area contributed by atoms with Gasteiger partial charge >= 0.3 is 12.1 Å². The fourth-order valence-corrected chi connectivity index (χ4v) is 2.87. The Kier molecular flexibility index (Phi) is 6.19. The standard InChI is InChI=1S/C11H8O3.C7H14N2O2/c12-10-8-4-2-1-3-7(8)5-6-9(10)11(13)14;8-5-1-3-6(4-2-5)9-7(10)11/h1-6,12H,(H,13,14);5-6,9H,1-4,8H2,(H,10,11)/t;5-,6-. The Morgan fingerprint density at radius 3 is 2.24 bits per heavy atom. The smallest absolute Gasteiger partial charge is 0.404 e. The van der Waals surface area contributed by atoms with Gasteiger partial charge in [0.2, 0.25) is 0 Å². The van der Waals surface area contributed by atoms with Crippen LogP contribution in [0.2, 0.25) is 0 Å². The van der Waals surface area contributed by atoms with Gasteiger partial charge in [0.15, 0.2) is 0 Å². The summed E-state index contributed by atoms with van der Waals surface area (Å²) >= 11 is 0. The normalized spacial score (nSPS) is 19.6. The number of benzene rings is 2. The zero-order chi connectivity index (χ0) is 18.4. The van der Waals surface area contributed by atoms with E-state index in [-0.39, 0.29) is 23.4 Å². The maximum atomic E-state index is 10.7. The number of fused-ring (bicyclic) bond motifs is 1. The molecule has 2 aromatic rings. The minimum absolute atomic E-state index is 0.0660. The van der Waals surface area contributed by atoms with E-state index in [0.717, 1.165) is 31.1 Å². The zero-order valence-electron chi connectivity index (χ0n) is 13.7. The highest BCUT2D eigenvalue weighted by atomic mass is 16.4. The van der Waals surface area contributed by atoms with Crippen LogP contribution in [-0.2, 0) is 0 Å². The van der Waals surface area contributed by atoms with E-state index >= 15 is 0 Å². The van der Waals surface area contributed by atoms with Crippen molar-refractivity contribution in [1.82, 2.24) is 5.32 Å². The molecule has 0 heterocycles. The molecule has 134 valence electrons. The highest BCUT2D eigenvalue weighted by molar-refractivity contribution is 6.00. The fraction of sp³-hybridized carbons (Fsp3) is 0.333. The van der Waals surface area contributed by atoms with Gasteiger partial charge in [-0.15, -0.1) is 0 Å². The number of nitrogens with two attached hydrogens (primary N) is 1. The molecule has 0 atom stereocenters. The molecule has 0 saturated heterocycles. The van der Waals surface area contributed by atoms with E-state index in [1.165, 1.54) is 6.07 Å². The van der Waals surface area contributed by atoms with E-state index in [2.05, 4.69) is 5.32 Å². The Labute approximate surface area is 145 Å². The van der Waals surface area contributed by atoms with Crippen LogP contribution in [0.4, 0.5) is 4.79 Å². The summed E-state index contributed by atoms with van der Waals surface area (Å²) in [7, 11) is 0. The number of phenols is 1. The molecule has 1 saturated carbocycles. The highest BCUT2D eigenvalue weighted by Gasteiger charge is 2.19. The molecule has 1 fully saturated rings. The second-order valence-electron chi connectivity index (χ2n) is 6.05. The first kappa shape index (κ1) is 18.5. The molecule has 7 nitrogen and oxygen atoms in total. The first-order valence-electron chi connectivity index (χ1n) is 8.07. The van der Waals surface area contributed by atoms with E-state index < -0.39 is 12.1 Å². The number of carboxylic acids is 1. The van der Waals surface area contributed by atoms with Crippen molar-refractivity contribution in [3.8, 4) is 5.75 Å². The van der Waals surface area contributed by atoms with Gasteiger partial charge in [-0.2, -0.15) is 0 Å². The minimum Gasteiger partial charge on any atom is -0.506 e. The van der Waals surface area contributed by atoms with Gasteiger partial charge in [0, 0.05) is 17.5 Å². The molecule has 0 unspecified atom stereocenters. The van der Waals surface area contributed by atoms with Crippen LogP contribution in [0, 0.1) is 0 Å². The Morgan fingerprint density at radius 2 is 1.64 bits per heavy atom. The average Bonchev–Trinajstić information content (AvgIpc) is 2.57. The number of hydrogen-bond donors (Lipinski definition) is 5. The first-order chi connectivity index (χ1) is 11.9. The van der Waals surface area contributed by atoms with E-state index in [1.54, 1.807) is 18.2 Å². The lowest BCUT2D eigenvalue weighted by Gasteiger charge is -2.25. The molecule has 2 aromatic carbocycles. The second kappa shape index (κ2) is 8.34. The van der Waals surface area contributed by atoms with Crippen molar-refractivity contribution in [3.05, 3.63) is 42.0 Å². The van der Waals surface area contributed by atoms with Crippen LogP contribution in [0.1, 0.15) is 36.0 Å². The van der Waals surface area contributed by atoms with Crippen molar-refractivity contribution in [1.29, 1.82) is 0 Å².